The average Bonchev–Trinajstić information content (AvgIpc) is 2.70. The van der Waals surface area contributed by atoms with Crippen LogP contribution in [0, 0.1) is 6.92 Å². The molecule has 1 aromatic carbocycles. The quantitative estimate of drug-likeness (QED) is 0.870. The van der Waals surface area contributed by atoms with Gasteiger partial charge >= 0.3 is 0 Å². The monoisotopic (exact) mass is 371 g/mol. The van der Waals surface area contributed by atoms with Gasteiger partial charge in [-0.05, 0) is 32.5 Å². The molecule has 0 radical (unpaired) electrons. The van der Waals surface area contributed by atoms with Gasteiger partial charge in [-0.2, -0.15) is 5.10 Å². The van der Waals surface area contributed by atoms with Crippen molar-refractivity contribution in [2.24, 2.45) is 7.05 Å². The zero-order valence-electron chi connectivity index (χ0n) is 12.6. The van der Waals surface area contributed by atoms with Crippen LogP contribution in [0.25, 0.3) is 0 Å². The fourth-order valence-electron chi connectivity index (χ4n) is 2.45. The topological polar surface area (TPSA) is 39.1 Å². The number of benzene rings is 1. The molecule has 2 rings (SSSR count). The highest BCUT2D eigenvalue weighted by Crippen LogP contribution is 2.32. The summed E-state index contributed by atoms with van der Waals surface area (Å²) in [6.07, 6.45) is 0.757. The van der Waals surface area contributed by atoms with Crippen molar-refractivity contribution in [3.8, 4) is 5.75 Å². The van der Waals surface area contributed by atoms with Gasteiger partial charge in [-0.15, -0.1) is 0 Å². The lowest BCUT2D eigenvalue weighted by Gasteiger charge is -2.19. The molecule has 0 aliphatic heterocycles. The second kappa shape index (κ2) is 6.81. The van der Waals surface area contributed by atoms with Gasteiger partial charge in [0.15, 0.2) is 0 Å². The normalized spacial score (nSPS) is 12.5. The van der Waals surface area contributed by atoms with Gasteiger partial charge in [0.25, 0.3) is 0 Å². The van der Waals surface area contributed by atoms with Crippen molar-refractivity contribution in [2.45, 2.75) is 19.4 Å². The van der Waals surface area contributed by atoms with E-state index in [-0.39, 0.29) is 6.04 Å². The Morgan fingerprint density at radius 1 is 1.48 bits per heavy atom. The van der Waals surface area contributed by atoms with Crippen molar-refractivity contribution in [3.05, 3.63) is 44.6 Å². The Labute approximate surface area is 138 Å². The predicted molar refractivity (Wildman–Crippen MR) is 89.2 cm³/mol. The molecule has 1 heterocycles. The van der Waals surface area contributed by atoms with Gasteiger partial charge in [0.1, 0.15) is 10.9 Å². The molecule has 0 fully saturated rings. The summed E-state index contributed by atoms with van der Waals surface area (Å²) in [4.78, 5) is 0. The minimum atomic E-state index is 0.105. The molecular formula is C15H19BrClN3O. The van der Waals surface area contributed by atoms with Crippen molar-refractivity contribution in [1.29, 1.82) is 0 Å². The molecule has 0 aliphatic rings. The van der Waals surface area contributed by atoms with Crippen molar-refractivity contribution in [1.82, 2.24) is 15.1 Å². The zero-order chi connectivity index (χ0) is 15.6. The van der Waals surface area contributed by atoms with Crippen LogP contribution in [-0.2, 0) is 13.5 Å². The van der Waals surface area contributed by atoms with Crippen LogP contribution in [0.5, 0.6) is 5.75 Å². The first kappa shape index (κ1) is 16.3. The standard InChI is InChI=1S/C15H19BrClN3O/c1-9-12(15(17)20(3)19-9)8-13(18-2)11-6-5-10(16)7-14(11)21-4/h5-7,13,18H,8H2,1-4H3. The number of likely N-dealkylation sites (N-methyl/N-ethyl adjacent to an activating group) is 1. The molecule has 0 saturated carbocycles. The van der Waals surface area contributed by atoms with E-state index in [2.05, 4.69) is 32.4 Å². The molecule has 21 heavy (non-hydrogen) atoms. The lowest BCUT2D eigenvalue weighted by molar-refractivity contribution is 0.401. The summed E-state index contributed by atoms with van der Waals surface area (Å²) in [6.45, 7) is 1.98. The second-order valence-electron chi connectivity index (χ2n) is 4.91. The molecule has 0 amide bonds. The molecule has 0 spiro atoms. The third-order valence-corrected chi connectivity index (χ3v) is 4.56. The molecular weight excluding hydrogens is 354 g/mol. The van der Waals surface area contributed by atoms with Crippen LogP contribution in [0.15, 0.2) is 22.7 Å². The lowest BCUT2D eigenvalue weighted by atomic mass is 9.98. The van der Waals surface area contributed by atoms with E-state index in [1.54, 1.807) is 11.8 Å². The van der Waals surface area contributed by atoms with Crippen LogP contribution in [-0.4, -0.2) is 23.9 Å². The number of rotatable bonds is 5. The molecule has 1 atom stereocenters. The molecule has 0 aliphatic carbocycles. The first-order valence-electron chi connectivity index (χ1n) is 6.66. The van der Waals surface area contributed by atoms with Crippen LogP contribution in [0.2, 0.25) is 5.15 Å². The van der Waals surface area contributed by atoms with E-state index in [1.807, 2.05) is 33.2 Å². The minimum Gasteiger partial charge on any atom is -0.496 e. The summed E-state index contributed by atoms with van der Waals surface area (Å²) in [5.41, 5.74) is 3.12. The molecule has 1 N–H and O–H groups in total. The number of hydrogen-bond acceptors (Lipinski definition) is 3. The van der Waals surface area contributed by atoms with Crippen molar-refractivity contribution in [2.75, 3.05) is 14.2 Å². The van der Waals surface area contributed by atoms with Crippen molar-refractivity contribution in [3.63, 3.8) is 0 Å². The van der Waals surface area contributed by atoms with Gasteiger partial charge in [0, 0.05) is 28.7 Å². The highest BCUT2D eigenvalue weighted by molar-refractivity contribution is 9.10. The van der Waals surface area contributed by atoms with Crippen LogP contribution < -0.4 is 10.1 Å². The first-order chi connectivity index (χ1) is 9.97. The Morgan fingerprint density at radius 3 is 2.71 bits per heavy atom. The van der Waals surface area contributed by atoms with E-state index >= 15 is 0 Å². The summed E-state index contributed by atoms with van der Waals surface area (Å²) in [5, 5.41) is 8.38. The van der Waals surface area contributed by atoms with Crippen LogP contribution in [0.4, 0.5) is 0 Å². The highest BCUT2D eigenvalue weighted by atomic mass is 79.9. The lowest BCUT2D eigenvalue weighted by Crippen LogP contribution is -2.20. The Morgan fingerprint density at radius 2 is 2.19 bits per heavy atom. The second-order valence-corrected chi connectivity index (χ2v) is 6.18. The van der Waals surface area contributed by atoms with E-state index in [0.29, 0.717) is 5.15 Å². The largest absolute Gasteiger partial charge is 0.496 e. The van der Waals surface area contributed by atoms with Gasteiger partial charge in [-0.3, -0.25) is 4.68 Å². The van der Waals surface area contributed by atoms with Crippen LogP contribution in [0.1, 0.15) is 22.9 Å². The molecule has 1 aromatic heterocycles. The maximum absolute atomic E-state index is 6.34. The zero-order valence-corrected chi connectivity index (χ0v) is 14.9. The Hall–Kier alpha value is -1.04. The number of methoxy groups -OCH3 is 1. The van der Waals surface area contributed by atoms with E-state index in [4.69, 9.17) is 16.3 Å². The number of aromatic nitrogens is 2. The predicted octanol–water partition coefficient (Wildman–Crippen LogP) is 3.66. The summed E-state index contributed by atoms with van der Waals surface area (Å²) < 4.78 is 8.19. The van der Waals surface area contributed by atoms with Crippen molar-refractivity contribution >= 4 is 27.5 Å². The highest BCUT2D eigenvalue weighted by Gasteiger charge is 2.20. The van der Waals surface area contributed by atoms with E-state index < -0.39 is 0 Å². The number of halogens is 2. The van der Waals surface area contributed by atoms with E-state index in [1.165, 1.54) is 0 Å². The fraction of sp³-hybridized carbons (Fsp3) is 0.400. The first-order valence-corrected chi connectivity index (χ1v) is 7.83. The van der Waals surface area contributed by atoms with Crippen molar-refractivity contribution < 1.29 is 4.74 Å². The molecule has 114 valence electrons. The molecule has 6 heteroatoms. The van der Waals surface area contributed by atoms with Gasteiger partial charge in [-0.1, -0.05) is 33.6 Å². The van der Waals surface area contributed by atoms with Crippen LogP contribution >= 0.6 is 27.5 Å². The van der Waals surface area contributed by atoms with Crippen LogP contribution in [0.3, 0.4) is 0 Å². The minimum absolute atomic E-state index is 0.105. The van der Waals surface area contributed by atoms with Gasteiger partial charge in [0.05, 0.1) is 12.8 Å². The Balaban J connectivity index is 2.36. The number of aryl methyl sites for hydroxylation is 2. The number of nitrogens with zero attached hydrogens (tertiary/aromatic N) is 2. The SMILES string of the molecule is CNC(Cc1c(C)nn(C)c1Cl)c1ccc(Br)cc1OC. The molecule has 1 unspecified atom stereocenters. The van der Waals surface area contributed by atoms with E-state index in [9.17, 15) is 0 Å². The molecule has 4 nitrogen and oxygen atoms in total. The summed E-state index contributed by atoms with van der Waals surface area (Å²) in [6, 6.07) is 6.15. The Bertz CT molecular complexity index is 642. The van der Waals surface area contributed by atoms with Gasteiger partial charge in [-0.25, -0.2) is 0 Å². The van der Waals surface area contributed by atoms with Gasteiger partial charge in [0.2, 0.25) is 0 Å². The summed E-state index contributed by atoms with van der Waals surface area (Å²) in [5.74, 6) is 0.849. The Kier molecular flexibility index (Phi) is 5.30. The number of nitrogens with one attached hydrogen (secondary N) is 1. The fourth-order valence-corrected chi connectivity index (χ4v) is 3.04. The average molecular weight is 373 g/mol. The maximum Gasteiger partial charge on any atom is 0.130 e. The maximum atomic E-state index is 6.34. The van der Waals surface area contributed by atoms with E-state index in [0.717, 1.165) is 33.5 Å². The third kappa shape index (κ3) is 3.42. The smallest absolute Gasteiger partial charge is 0.130 e. The number of hydrogen-bond donors (Lipinski definition) is 1. The summed E-state index contributed by atoms with van der Waals surface area (Å²) in [7, 11) is 5.47. The molecule has 2 aromatic rings. The van der Waals surface area contributed by atoms with Gasteiger partial charge < -0.3 is 10.1 Å². The summed E-state index contributed by atoms with van der Waals surface area (Å²) >= 11 is 9.80. The molecule has 0 bridgehead atoms. The third-order valence-electron chi connectivity index (χ3n) is 3.60. The number of ether oxygens (including phenoxy) is 1. The molecule has 0 saturated heterocycles.